The second-order valence-electron chi connectivity index (χ2n) is 5.35. The van der Waals surface area contributed by atoms with Crippen LogP contribution in [-0.2, 0) is 11.2 Å². The van der Waals surface area contributed by atoms with Crippen LogP contribution in [0.5, 0.6) is 0 Å². The predicted molar refractivity (Wildman–Crippen MR) is 77.4 cm³/mol. The molecule has 2 rings (SSSR count). The van der Waals surface area contributed by atoms with Gasteiger partial charge < -0.3 is 5.32 Å². The standard InChI is InChI=1S/C15H19BrFNO/c1-10-4-2-3-5-14(10)18-15(19)9-11-8-12(16)6-7-13(11)17/h6-8,10,14H,2-5,9H2,1H3,(H,18,19). The van der Waals surface area contributed by atoms with Crippen LogP contribution in [0.15, 0.2) is 22.7 Å². The molecule has 0 saturated heterocycles. The van der Waals surface area contributed by atoms with Crippen LogP contribution in [0.1, 0.15) is 38.2 Å². The minimum atomic E-state index is -0.324. The lowest BCUT2D eigenvalue weighted by Crippen LogP contribution is -2.41. The van der Waals surface area contributed by atoms with E-state index in [9.17, 15) is 9.18 Å². The molecule has 0 spiro atoms. The fraction of sp³-hybridized carbons (Fsp3) is 0.533. The maximum absolute atomic E-state index is 13.6. The SMILES string of the molecule is CC1CCCCC1NC(=O)Cc1cc(Br)ccc1F. The zero-order valence-corrected chi connectivity index (χ0v) is 12.7. The van der Waals surface area contributed by atoms with Gasteiger partial charge in [0, 0.05) is 10.5 Å². The number of benzene rings is 1. The molecule has 0 bridgehead atoms. The Labute approximate surface area is 121 Å². The van der Waals surface area contributed by atoms with Gasteiger partial charge in [0.1, 0.15) is 5.82 Å². The molecule has 4 heteroatoms. The molecule has 0 aromatic heterocycles. The maximum atomic E-state index is 13.6. The molecule has 2 atom stereocenters. The van der Waals surface area contributed by atoms with Crippen LogP contribution >= 0.6 is 15.9 Å². The molecule has 1 N–H and O–H groups in total. The molecule has 1 fully saturated rings. The highest BCUT2D eigenvalue weighted by Gasteiger charge is 2.23. The van der Waals surface area contributed by atoms with E-state index in [1.165, 1.54) is 18.9 Å². The molecule has 2 unspecified atom stereocenters. The van der Waals surface area contributed by atoms with E-state index in [1.807, 2.05) is 0 Å². The monoisotopic (exact) mass is 327 g/mol. The second kappa shape index (κ2) is 6.51. The molecule has 1 aliphatic carbocycles. The van der Waals surface area contributed by atoms with E-state index < -0.39 is 0 Å². The van der Waals surface area contributed by atoms with Gasteiger partial charge in [-0.2, -0.15) is 0 Å². The van der Waals surface area contributed by atoms with Crippen LogP contribution in [0.2, 0.25) is 0 Å². The third kappa shape index (κ3) is 4.03. The van der Waals surface area contributed by atoms with Gasteiger partial charge in [0.05, 0.1) is 6.42 Å². The van der Waals surface area contributed by atoms with Crippen LogP contribution in [0.4, 0.5) is 4.39 Å². The summed E-state index contributed by atoms with van der Waals surface area (Å²) in [6.45, 7) is 2.17. The Bertz CT molecular complexity index is 463. The van der Waals surface area contributed by atoms with Crippen LogP contribution in [0.3, 0.4) is 0 Å². The first kappa shape index (κ1) is 14.5. The summed E-state index contributed by atoms with van der Waals surface area (Å²) in [6.07, 6.45) is 4.72. The molecule has 19 heavy (non-hydrogen) atoms. The fourth-order valence-electron chi connectivity index (χ4n) is 2.64. The summed E-state index contributed by atoms with van der Waals surface area (Å²) in [5.74, 6) is 0.107. The molecule has 1 saturated carbocycles. The molecule has 1 aromatic rings. The van der Waals surface area contributed by atoms with Crippen molar-refractivity contribution in [2.24, 2.45) is 5.92 Å². The van der Waals surface area contributed by atoms with Crippen molar-refractivity contribution in [3.05, 3.63) is 34.1 Å². The summed E-state index contributed by atoms with van der Waals surface area (Å²) in [4.78, 5) is 12.0. The van der Waals surface area contributed by atoms with Gasteiger partial charge in [0.2, 0.25) is 5.91 Å². The third-order valence-electron chi connectivity index (χ3n) is 3.82. The Morgan fingerprint density at radius 3 is 2.89 bits per heavy atom. The first-order valence-corrected chi connectivity index (χ1v) is 7.59. The van der Waals surface area contributed by atoms with E-state index in [1.54, 1.807) is 12.1 Å². The maximum Gasteiger partial charge on any atom is 0.224 e. The van der Waals surface area contributed by atoms with Gasteiger partial charge in [-0.1, -0.05) is 35.7 Å². The quantitative estimate of drug-likeness (QED) is 0.898. The molecule has 1 aliphatic rings. The molecule has 0 radical (unpaired) electrons. The van der Waals surface area contributed by atoms with Crippen molar-refractivity contribution in [1.82, 2.24) is 5.32 Å². The summed E-state index contributed by atoms with van der Waals surface area (Å²) < 4.78 is 14.4. The van der Waals surface area contributed by atoms with Crippen LogP contribution in [-0.4, -0.2) is 11.9 Å². The first-order chi connectivity index (χ1) is 9.06. The van der Waals surface area contributed by atoms with Crippen molar-refractivity contribution in [2.75, 3.05) is 0 Å². The van der Waals surface area contributed by atoms with E-state index in [0.29, 0.717) is 11.5 Å². The summed E-state index contributed by atoms with van der Waals surface area (Å²) in [6, 6.07) is 4.94. The lowest BCUT2D eigenvalue weighted by molar-refractivity contribution is -0.121. The van der Waals surface area contributed by atoms with Crippen LogP contribution in [0, 0.1) is 11.7 Å². The van der Waals surface area contributed by atoms with E-state index in [4.69, 9.17) is 0 Å². The zero-order chi connectivity index (χ0) is 13.8. The van der Waals surface area contributed by atoms with E-state index in [2.05, 4.69) is 28.2 Å². The lowest BCUT2D eigenvalue weighted by Gasteiger charge is -2.29. The topological polar surface area (TPSA) is 29.1 Å². The predicted octanol–water partition coefficient (Wildman–Crippen LogP) is 3.83. The highest BCUT2D eigenvalue weighted by molar-refractivity contribution is 9.10. The molecule has 1 amide bonds. The number of amides is 1. The number of nitrogens with one attached hydrogen (secondary N) is 1. The molecular formula is C15H19BrFNO. The molecule has 1 aromatic carbocycles. The molecule has 104 valence electrons. The Hall–Kier alpha value is -0.900. The van der Waals surface area contributed by atoms with Gasteiger partial charge in [0.25, 0.3) is 0 Å². The van der Waals surface area contributed by atoms with Crippen molar-refractivity contribution in [1.29, 1.82) is 0 Å². The van der Waals surface area contributed by atoms with Gasteiger partial charge in [-0.3, -0.25) is 4.79 Å². The van der Waals surface area contributed by atoms with E-state index >= 15 is 0 Å². The van der Waals surface area contributed by atoms with Gasteiger partial charge in [-0.25, -0.2) is 4.39 Å². The van der Waals surface area contributed by atoms with E-state index in [-0.39, 0.29) is 24.2 Å². The Morgan fingerprint density at radius 2 is 2.16 bits per heavy atom. The first-order valence-electron chi connectivity index (χ1n) is 6.79. The molecule has 2 nitrogen and oxygen atoms in total. The average molecular weight is 328 g/mol. The Balaban J connectivity index is 1.95. The highest BCUT2D eigenvalue weighted by atomic mass is 79.9. The van der Waals surface area contributed by atoms with Gasteiger partial charge >= 0.3 is 0 Å². The fourth-order valence-corrected chi connectivity index (χ4v) is 3.05. The number of hydrogen-bond acceptors (Lipinski definition) is 1. The normalized spacial score (nSPS) is 23.1. The number of carbonyl (C=O) groups is 1. The van der Waals surface area contributed by atoms with Gasteiger partial charge in [0.15, 0.2) is 0 Å². The highest BCUT2D eigenvalue weighted by Crippen LogP contribution is 2.24. The van der Waals surface area contributed by atoms with Crippen molar-refractivity contribution in [2.45, 2.75) is 45.1 Å². The number of rotatable bonds is 3. The third-order valence-corrected chi connectivity index (χ3v) is 4.31. The largest absolute Gasteiger partial charge is 0.353 e. The summed E-state index contributed by atoms with van der Waals surface area (Å²) >= 11 is 3.30. The minimum absolute atomic E-state index is 0.0873. The lowest BCUT2D eigenvalue weighted by atomic mass is 9.86. The second-order valence-corrected chi connectivity index (χ2v) is 6.26. The van der Waals surface area contributed by atoms with Crippen molar-refractivity contribution in [3.63, 3.8) is 0 Å². The molecular weight excluding hydrogens is 309 g/mol. The summed E-state index contributed by atoms with van der Waals surface area (Å²) in [5, 5.41) is 3.04. The smallest absolute Gasteiger partial charge is 0.224 e. The van der Waals surface area contributed by atoms with Crippen molar-refractivity contribution < 1.29 is 9.18 Å². The summed E-state index contributed by atoms with van der Waals surface area (Å²) in [5.41, 5.74) is 0.440. The summed E-state index contributed by atoms with van der Waals surface area (Å²) in [7, 11) is 0. The van der Waals surface area contributed by atoms with Crippen molar-refractivity contribution >= 4 is 21.8 Å². The van der Waals surface area contributed by atoms with Gasteiger partial charge in [-0.15, -0.1) is 0 Å². The number of halogens is 2. The average Bonchev–Trinajstić information content (AvgIpc) is 2.37. The number of carbonyl (C=O) groups excluding carboxylic acids is 1. The van der Waals surface area contributed by atoms with Crippen molar-refractivity contribution in [3.8, 4) is 0 Å². The Kier molecular flexibility index (Phi) is 4.97. The van der Waals surface area contributed by atoms with E-state index in [0.717, 1.165) is 17.3 Å². The molecule has 0 aliphatic heterocycles. The van der Waals surface area contributed by atoms with Crippen LogP contribution < -0.4 is 5.32 Å². The minimum Gasteiger partial charge on any atom is -0.353 e. The molecule has 0 heterocycles. The number of hydrogen-bond donors (Lipinski definition) is 1. The van der Waals surface area contributed by atoms with Gasteiger partial charge in [-0.05, 0) is 42.5 Å². The zero-order valence-electron chi connectivity index (χ0n) is 11.1. The van der Waals surface area contributed by atoms with Crippen LogP contribution in [0.25, 0.3) is 0 Å². The Morgan fingerprint density at radius 1 is 1.42 bits per heavy atom.